The molecule has 2 nitrogen and oxygen atoms in total. The lowest BCUT2D eigenvalue weighted by molar-refractivity contribution is 0.604. The Morgan fingerprint density at radius 1 is 0.700 bits per heavy atom. The van der Waals surface area contributed by atoms with Crippen molar-refractivity contribution in [2.24, 2.45) is 0 Å². The Hall–Kier alpha value is -1.96. The molecule has 0 unspecified atom stereocenters. The van der Waals surface area contributed by atoms with Gasteiger partial charge in [-0.2, -0.15) is 0 Å². The molecule has 3 aromatic rings. The lowest BCUT2D eigenvalue weighted by Crippen LogP contribution is -1.97. The average molecular weight is 268 g/mol. The highest BCUT2D eigenvalue weighted by atomic mass is 15.0. The maximum Gasteiger partial charge on any atom is 0.0482 e. The molecule has 0 N–H and O–H groups in total. The van der Waals surface area contributed by atoms with Gasteiger partial charge in [-0.05, 0) is 57.3 Å². The zero-order valence-electron chi connectivity index (χ0n) is 12.8. The van der Waals surface area contributed by atoms with Gasteiger partial charge in [-0.3, -0.25) is 0 Å². The van der Waals surface area contributed by atoms with Crippen LogP contribution in [0.5, 0.6) is 0 Å². The zero-order valence-corrected chi connectivity index (χ0v) is 12.8. The maximum atomic E-state index is 2.29. The van der Waals surface area contributed by atoms with E-state index in [1.54, 1.807) is 0 Å². The highest BCUT2D eigenvalue weighted by Gasteiger charge is 2.01. The predicted octanol–water partition coefficient (Wildman–Crippen LogP) is 5.29. The molecule has 106 valence electrons. The number of hydrogen-bond donors (Lipinski definition) is 0. The van der Waals surface area contributed by atoms with E-state index < -0.39 is 0 Å². The molecular formula is C18H24N2. The fraction of sp³-hybridized carbons (Fsp3) is 0.333. The van der Waals surface area contributed by atoms with E-state index in [0.717, 1.165) is 0 Å². The van der Waals surface area contributed by atoms with Crippen LogP contribution in [-0.4, -0.2) is 9.13 Å². The second-order valence-corrected chi connectivity index (χ2v) is 5.60. The molecule has 0 aliphatic rings. The SMILES string of the molecule is CC(C)n1ccc2ccccc21.CC(C)n1cccc1. The first-order chi connectivity index (χ1) is 9.59. The van der Waals surface area contributed by atoms with Gasteiger partial charge >= 0.3 is 0 Å². The van der Waals surface area contributed by atoms with Crippen molar-refractivity contribution < 1.29 is 0 Å². The number of fused-ring (bicyclic) bond motifs is 1. The molecule has 0 amide bonds. The van der Waals surface area contributed by atoms with E-state index in [1.165, 1.54) is 10.9 Å². The molecule has 0 aliphatic heterocycles. The third kappa shape index (κ3) is 3.32. The Morgan fingerprint density at radius 3 is 1.90 bits per heavy atom. The Kier molecular flexibility index (Phi) is 4.67. The third-order valence-corrected chi connectivity index (χ3v) is 3.41. The largest absolute Gasteiger partial charge is 0.352 e. The van der Waals surface area contributed by atoms with Gasteiger partial charge in [-0.1, -0.05) is 18.2 Å². The number of hydrogen-bond acceptors (Lipinski definition) is 0. The minimum Gasteiger partial charge on any atom is -0.352 e. The van der Waals surface area contributed by atoms with Crippen LogP contribution >= 0.6 is 0 Å². The molecular weight excluding hydrogens is 244 g/mol. The van der Waals surface area contributed by atoms with E-state index in [9.17, 15) is 0 Å². The van der Waals surface area contributed by atoms with Crippen molar-refractivity contribution in [3.05, 3.63) is 61.1 Å². The van der Waals surface area contributed by atoms with Crippen LogP contribution in [0.2, 0.25) is 0 Å². The predicted molar refractivity (Wildman–Crippen MR) is 87.1 cm³/mol. The van der Waals surface area contributed by atoms with E-state index in [0.29, 0.717) is 12.1 Å². The van der Waals surface area contributed by atoms with E-state index in [2.05, 4.69) is 85.8 Å². The molecule has 3 rings (SSSR count). The van der Waals surface area contributed by atoms with Crippen LogP contribution in [0.4, 0.5) is 0 Å². The van der Waals surface area contributed by atoms with E-state index in [4.69, 9.17) is 0 Å². The summed E-state index contributed by atoms with van der Waals surface area (Å²) in [7, 11) is 0. The summed E-state index contributed by atoms with van der Waals surface area (Å²) < 4.78 is 4.45. The summed E-state index contributed by atoms with van der Waals surface area (Å²) in [6.07, 6.45) is 6.30. The molecule has 0 saturated heterocycles. The molecule has 0 fully saturated rings. The first kappa shape index (κ1) is 14.4. The number of para-hydroxylation sites is 1. The lowest BCUT2D eigenvalue weighted by Gasteiger charge is -2.08. The lowest BCUT2D eigenvalue weighted by atomic mass is 10.2. The van der Waals surface area contributed by atoms with Crippen molar-refractivity contribution in [3.63, 3.8) is 0 Å². The van der Waals surface area contributed by atoms with Gasteiger partial charge in [0.15, 0.2) is 0 Å². The summed E-state index contributed by atoms with van der Waals surface area (Å²) in [6, 6.07) is 15.9. The quantitative estimate of drug-likeness (QED) is 0.597. The molecule has 0 radical (unpaired) electrons. The number of nitrogens with zero attached hydrogens (tertiary/aromatic N) is 2. The maximum absolute atomic E-state index is 2.29. The fourth-order valence-corrected chi connectivity index (χ4v) is 2.25. The van der Waals surface area contributed by atoms with Crippen LogP contribution in [0.3, 0.4) is 0 Å². The van der Waals surface area contributed by atoms with Gasteiger partial charge in [0, 0.05) is 36.2 Å². The first-order valence-electron chi connectivity index (χ1n) is 7.27. The van der Waals surface area contributed by atoms with Gasteiger partial charge < -0.3 is 9.13 Å². The Morgan fingerprint density at radius 2 is 1.35 bits per heavy atom. The van der Waals surface area contributed by atoms with Gasteiger partial charge in [-0.15, -0.1) is 0 Å². The van der Waals surface area contributed by atoms with Crippen LogP contribution in [0.15, 0.2) is 61.1 Å². The highest BCUT2D eigenvalue weighted by Crippen LogP contribution is 2.18. The van der Waals surface area contributed by atoms with Gasteiger partial charge in [0.2, 0.25) is 0 Å². The third-order valence-electron chi connectivity index (χ3n) is 3.41. The smallest absolute Gasteiger partial charge is 0.0482 e. The summed E-state index contributed by atoms with van der Waals surface area (Å²) in [5.41, 5.74) is 1.33. The second-order valence-electron chi connectivity index (χ2n) is 5.60. The summed E-state index contributed by atoms with van der Waals surface area (Å²) in [6.45, 7) is 8.74. The van der Waals surface area contributed by atoms with Gasteiger partial charge in [0.05, 0.1) is 0 Å². The summed E-state index contributed by atoms with van der Waals surface area (Å²) in [4.78, 5) is 0. The minimum atomic E-state index is 0.546. The first-order valence-corrected chi connectivity index (χ1v) is 7.27. The van der Waals surface area contributed by atoms with Crippen molar-refractivity contribution in [2.45, 2.75) is 39.8 Å². The zero-order chi connectivity index (χ0) is 14.5. The minimum absolute atomic E-state index is 0.546. The molecule has 0 spiro atoms. The average Bonchev–Trinajstić information content (AvgIpc) is 3.09. The van der Waals surface area contributed by atoms with Gasteiger partial charge in [0.1, 0.15) is 0 Å². The highest BCUT2D eigenvalue weighted by molar-refractivity contribution is 5.80. The summed E-state index contributed by atoms with van der Waals surface area (Å²) in [5.74, 6) is 0. The van der Waals surface area contributed by atoms with Crippen molar-refractivity contribution in [2.75, 3.05) is 0 Å². The van der Waals surface area contributed by atoms with Crippen molar-refractivity contribution in [1.82, 2.24) is 9.13 Å². The molecule has 0 bridgehead atoms. The van der Waals surface area contributed by atoms with Crippen molar-refractivity contribution in [3.8, 4) is 0 Å². The van der Waals surface area contributed by atoms with Crippen LogP contribution in [-0.2, 0) is 0 Å². The number of benzene rings is 1. The molecule has 2 heterocycles. The second kappa shape index (κ2) is 6.47. The Bertz CT molecular complexity index is 630. The van der Waals surface area contributed by atoms with E-state index in [1.807, 2.05) is 12.1 Å². The molecule has 2 heteroatoms. The van der Waals surface area contributed by atoms with Crippen molar-refractivity contribution >= 4 is 10.9 Å². The number of rotatable bonds is 2. The van der Waals surface area contributed by atoms with E-state index in [-0.39, 0.29) is 0 Å². The fourth-order valence-electron chi connectivity index (χ4n) is 2.25. The summed E-state index contributed by atoms with van der Waals surface area (Å²) >= 11 is 0. The number of aromatic nitrogens is 2. The summed E-state index contributed by atoms with van der Waals surface area (Å²) in [5, 5.41) is 1.33. The van der Waals surface area contributed by atoms with Crippen LogP contribution in [0, 0.1) is 0 Å². The molecule has 0 atom stereocenters. The molecule has 1 aromatic carbocycles. The van der Waals surface area contributed by atoms with Crippen molar-refractivity contribution in [1.29, 1.82) is 0 Å². The normalized spacial score (nSPS) is 10.9. The van der Waals surface area contributed by atoms with Crippen LogP contribution < -0.4 is 0 Å². The molecule has 2 aromatic heterocycles. The Balaban J connectivity index is 0.000000160. The van der Waals surface area contributed by atoms with E-state index >= 15 is 0 Å². The Labute approximate surface area is 121 Å². The topological polar surface area (TPSA) is 9.86 Å². The van der Waals surface area contributed by atoms with Crippen LogP contribution in [0.25, 0.3) is 10.9 Å². The van der Waals surface area contributed by atoms with Crippen LogP contribution in [0.1, 0.15) is 39.8 Å². The standard InChI is InChI=1S/C11H13N.C7H11N/c1-9(2)12-8-7-10-5-3-4-6-11(10)12;1-7(2)8-5-3-4-6-8/h3-9H,1-2H3;3-7H,1-2H3. The molecule has 20 heavy (non-hydrogen) atoms. The van der Waals surface area contributed by atoms with Gasteiger partial charge in [-0.25, -0.2) is 0 Å². The monoisotopic (exact) mass is 268 g/mol. The molecule has 0 saturated carbocycles. The van der Waals surface area contributed by atoms with Gasteiger partial charge in [0.25, 0.3) is 0 Å². The molecule has 0 aliphatic carbocycles.